The van der Waals surface area contributed by atoms with Crippen LogP contribution in [0.25, 0.3) is 0 Å². The van der Waals surface area contributed by atoms with Crippen molar-refractivity contribution in [1.29, 1.82) is 0 Å². The lowest BCUT2D eigenvalue weighted by Crippen LogP contribution is -2.04. The minimum Gasteiger partial charge on any atom is -0.350 e. The molecule has 0 atom stereocenters. The van der Waals surface area contributed by atoms with Crippen molar-refractivity contribution in [3.8, 4) is 0 Å². The fraction of sp³-hybridized carbons (Fsp3) is 0.167. The van der Waals surface area contributed by atoms with E-state index in [-0.39, 0.29) is 0 Å². The Morgan fingerprint density at radius 2 is 2.00 bits per heavy atom. The number of aryl methyl sites for hydroxylation is 1. The van der Waals surface area contributed by atoms with Crippen molar-refractivity contribution in [2.75, 3.05) is 5.32 Å². The van der Waals surface area contributed by atoms with Crippen LogP contribution in [0, 0.1) is 6.92 Å². The molecule has 1 aromatic carbocycles. The maximum atomic E-state index is 4.11. The van der Waals surface area contributed by atoms with Gasteiger partial charge < -0.3 is 5.32 Å². The van der Waals surface area contributed by atoms with Crippen LogP contribution < -0.4 is 5.32 Å². The van der Waals surface area contributed by atoms with Gasteiger partial charge in [0.2, 0.25) is 5.95 Å². The van der Waals surface area contributed by atoms with E-state index >= 15 is 0 Å². The molecule has 2 rings (SSSR count). The van der Waals surface area contributed by atoms with Crippen LogP contribution in [0.4, 0.5) is 5.95 Å². The Labute approximate surface area is 103 Å². The minimum atomic E-state index is 0.655. The first kappa shape index (κ1) is 11.1. The zero-order valence-corrected chi connectivity index (χ0v) is 10.5. The molecule has 0 radical (unpaired) electrons. The van der Waals surface area contributed by atoms with Crippen LogP contribution in [0.15, 0.2) is 41.1 Å². The van der Waals surface area contributed by atoms with Gasteiger partial charge >= 0.3 is 0 Å². The molecule has 0 saturated carbocycles. The lowest BCUT2D eigenvalue weighted by molar-refractivity contribution is 1.04. The van der Waals surface area contributed by atoms with E-state index in [9.17, 15) is 0 Å². The predicted octanol–water partition coefficient (Wildman–Crippen LogP) is 3.16. The summed E-state index contributed by atoms with van der Waals surface area (Å²) in [5, 5.41) is 3.19. The van der Waals surface area contributed by atoms with Crippen molar-refractivity contribution in [3.63, 3.8) is 0 Å². The van der Waals surface area contributed by atoms with Gasteiger partial charge in [-0.15, -0.1) is 0 Å². The molecule has 1 heterocycles. The van der Waals surface area contributed by atoms with Gasteiger partial charge in [-0.1, -0.05) is 22.0 Å². The second-order valence-electron chi connectivity index (χ2n) is 3.50. The highest BCUT2D eigenvalue weighted by Gasteiger charge is 2.00. The molecule has 0 bridgehead atoms. The fourth-order valence-corrected chi connectivity index (χ4v) is 1.80. The lowest BCUT2D eigenvalue weighted by atomic mass is 10.1. The zero-order chi connectivity index (χ0) is 11.4. The smallest absolute Gasteiger partial charge is 0.222 e. The van der Waals surface area contributed by atoms with Crippen LogP contribution in [-0.4, -0.2) is 9.97 Å². The standard InChI is InChI=1S/C12H12BrN3/c1-9-3-4-11(13)7-10(9)8-16-12-14-5-2-6-15-12/h2-7H,8H2,1H3,(H,14,15,16). The molecule has 2 aromatic rings. The van der Waals surface area contributed by atoms with Gasteiger partial charge in [0.25, 0.3) is 0 Å². The Morgan fingerprint density at radius 3 is 2.75 bits per heavy atom. The number of nitrogens with one attached hydrogen (secondary N) is 1. The largest absolute Gasteiger partial charge is 0.350 e. The zero-order valence-electron chi connectivity index (χ0n) is 8.94. The van der Waals surface area contributed by atoms with Crippen LogP contribution in [0.3, 0.4) is 0 Å². The first-order valence-electron chi connectivity index (χ1n) is 5.01. The fourth-order valence-electron chi connectivity index (χ4n) is 1.40. The number of hydrogen-bond donors (Lipinski definition) is 1. The molecule has 1 N–H and O–H groups in total. The second-order valence-corrected chi connectivity index (χ2v) is 4.41. The van der Waals surface area contributed by atoms with Gasteiger partial charge in [-0.05, 0) is 36.2 Å². The Kier molecular flexibility index (Phi) is 3.51. The molecule has 0 aliphatic rings. The predicted molar refractivity (Wildman–Crippen MR) is 68.2 cm³/mol. The van der Waals surface area contributed by atoms with Crippen molar-refractivity contribution in [1.82, 2.24) is 9.97 Å². The van der Waals surface area contributed by atoms with Crippen molar-refractivity contribution >= 4 is 21.9 Å². The van der Waals surface area contributed by atoms with Gasteiger partial charge in [-0.2, -0.15) is 0 Å². The number of nitrogens with zero attached hydrogens (tertiary/aromatic N) is 2. The third kappa shape index (κ3) is 2.79. The number of halogens is 1. The van der Waals surface area contributed by atoms with E-state index < -0.39 is 0 Å². The molecule has 0 aliphatic heterocycles. The topological polar surface area (TPSA) is 37.8 Å². The van der Waals surface area contributed by atoms with Gasteiger partial charge in [-0.25, -0.2) is 9.97 Å². The monoisotopic (exact) mass is 277 g/mol. The molecule has 82 valence electrons. The SMILES string of the molecule is Cc1ccc(Br)cc1CNc1ncccn1. The van der Waals surface area contributed by atoms with Crippen molar-refractivity contribution < 1.29 is 0 Å². The molecule has 0 saturated heterocycles. The molecule has 16 heavy (non-hydrogen) atoms. The molecule has 0 spiro atoms. The molecule has 0 fully saturated rings. The van der Waals surface area contributed by atoms with E-state index in [0.29, 0.717) is 5.95 Å². The van der Waals surface area contributed by atoms with Gasteiger partial charge in [0.1, 0.15) is 0 Å². The van der Waals surface area contributed by atoms with E-state index in [0.717, 1.165) is 11.0 Å². The van der Waals surface area contributed by atoms with Gasteiger partial charge in [-0.3, -0.25) is 0 Å². The third-order valence-corrected chi connectivity index (χ3v) is 2.81. The van der Waals surface area contributed by atoms with Gasteiger partial charge in [0, 0.05) is 23.4 Å². The molecular formula is C12H12BrN3. The number of anilines is 1. The van der Waals surface area contributed by atoms with Gasteiger partial charge in [0.05, 0.1) is 0 Å². The normalized spacial score (nSPS) is 10.1. The maximum absolute atomic E-state index is 4.11. The summed E-state index contributed by atoms with van der Waals surface area (Å²) in [5.74, 6) is 0.655. The summed E-state index contributed by atoms with van der Waals surface area (Å²) >= 11 is 3.46. The molecular weight excluding hydrogens is 266 g/mol. The number of aromatic nitrogens is 2. The summed E-state index contributed by atoms with van der Waals surface area (Å²) in [5.41, 5.74) is 2.49. The Hall–Kier alpha value is -1.42. The number of benzene rings is 1. The summed E-state index contributed by atoms with van der Waals surface area (Å²) in [7, 11) is 0. The highest BCUT2D eigenvalue weighted by atomic mass is 79.9. The third-order valence-electron chi connectivity index (χ3n) is 2.31. The van der Waals surface area contributed by atoms with Crippen molar-refractivity contribution in [2.45, 2.75) is 13.5 Å². The van der Waals surface area contributed by atoms with E-state index in [1.165, 1.54) is 11.1 Å². The van der Waals surface area contributed by atoms with Crippen LogP contribution in [0.5, 0.6) is 0 Å². The van der Waals surface area contributed by atoms with Crippen LogP contribution in [0.2, 0.25) is 0 Å². The van der Waals surface area contributed by atoms with Crippen molar-refractivity contribution in [3.05, 3.63) is 52.3 Å². The molecule has 0 unspecified atom stereocenters. The number of rotatable bonds is 3. The molecule has 0 aliphatic carbocycles. The first-order valence-corrected chi connectivity index (χ1v) is 5.81. The Bertz CT molecular complexity index is 471. The van der Waals surface area contributed by atoms with E-state index in [1.54, 1.807) is 18.5 Å². The molecule has 0 amide bonds. The van der Waals surface area contributed by atoms with Crippen molar-refractivity contribution in [2.24, 2.45) is 0 Å². The highest BCUT2D eigenvalue weighted by Crippen LogP contribution is 2.16. The van der Waals surface area contributed by atoms with Crippen LogP contribution in [-0.2, 0) is 6.54 Å². The average Bonchev–Trinajstić information content (AvgIpc) is 2.32. The number of hydrogen-bond acceptors (Lipinski definition) is 3. The molecule has 1 aromatic heterocycles. The molecule has 4 heteroatoms. The average molecular weight is 278 g/mol. The van der Waals surface area contributed by atoms with Crippen LogP contribution >= 0.6 is 15.9 Å². The summed E-state index contributed by atoms with van der Waals surface area (Å²) in [6, 6.07) is 8.03. The Morgan fingerprint density at radius 1 is 1.25 bits per heavy atom. The van der Waals surface area contributed by atoms with Gasteiger partial charge in [0.15, 0.2) is 0 Å². The highest BCUT2D eigenvalue weighted by molar-refractivity contribution is 9.10. The minimum absolute atomic E-state index is 0.655. The lowest BCUT2D eigenvalue weighted by Gasteiger charge is -2.07. The summed E-state index contributed by atoms with van der Waals surface area (Å²) in [6.45, 7) is 2.82. The van der Waals surface area contributed by atoms with E-state index in [1.807, 2.05) is 6.07 Å². The second kappa shape index (κ2) is 5.07. The quantitative estimate of drug-likeness (QED) is 0.937. The molecule has 3 nitrogen and oxygen atoms in total. The Balaban J connectivity index is 2.08. The van der Waals surface area contributed by atoms with E-state index in [2.05, 4.69) is 50.3 Å². The first-order chi connectivity index (χ1) is 7.75. The summed E-state index contributed by atoms with van der Waals surface area (Å²) in [6.07, 6.45) is 3.45. The summed E-state index contributed by atoms with van der Waals surface area (Å²) < 4.78 is 1.09. The summed E-state index contributed by atoms with van der Waals surface area (Å²) in [4.78, 5) is 8.22. The van der Waals surface area contributed by atoms with Crippen LogP contribution in [0.1, 0.15) is 11.1 Å². The maximum Gasteiger partial charge on any atom is 0.222 e. The van der Waals surface area contributed by atoms with E-state index in [4.69, 9.17) is 0 Å².